The molecule has 2 aromatic heterocycles. The summed E-state index contributed by atoms with van der Waals surface area (Å²) in [5.74, 6) is -0.134. The van der Waals surface area contributed by atoms with Crippen LogP contribution >= 0.6 is 11.6 Å². The number of hydrogen-bond donors (Lipinski definition) is 1. The first-order valence-corrected chi connectivity index (χ1v) is 12.0. The maximum atomic E-state index is 14.9. The van der Waals surface area contributed by atoms with Gasteiger partial charge in [0.05, 0.1) is 17.6 Å². The number of piperidine rings is 2. The number of hydrogen-bond acceptors (Lipinski definition) is 7. The van der Waals surface area contributed by atoms with E-state index in [9.17, 15) is 9.50 Å². The Hall–Kier alpha value is -1.77. The number of β-amino-alcohol motifs (C(OH)–C–C–N with tert-alkyl or cyclic N) is 1. The Morgan fingerprint density at radius 1 is 1.22 bits per heavy atom. The number of ether oxygens (including phenoxy) is 1. The Bertz CT molecular complexity index is 1020. The molecule has 7 nitrogen and oxygen atoms in total. The molecular weight excluding hydrogens is 433 g/mol. The van der Waals surface area contributed by atoms with E-state index in [1.165, 1.54) is 19.0 Å². The lowest BCUT2D eigenvalue weighted by molar-refractivity contribution is 0.0132. The topological polar surface area (TPSA) is 74.6 Å². The second kappa shape index (κ2) is 8.22. The predicted molar refractivity (Wildman–Crippen MR) is 122 cm³/mol. The lowest BCUT2D eigenvalue weighted by atomic mass is 9.76. The fraction of sp³-hybridized carbons (Fsp3) is 0.696. The molecule has 0 unspecified atom stereocenters. The summed E-state index contributed by atoms with van der Waals surface area (Å²) in [4.78, 5) is 17.5. The van der Waals surface area contributed by atoms with Gasteiger partial charge in [-0.1, -0.05) is 18.0 Å². The molecule has 2 saturated heterocycles. The number of anilines is 1. The number of halogens is 2. The Morgan fingerprint density at radius 3 is 2.81 bits per heavy atom. The molecule has 3 aliphatic rings. The van der Waals surface area contributed by atoms with Crippen molar-refractivity contribution in [1.29, 1.82) is 0 Å². The maximum absolute atomic E-state index is 14.9. The molecule has 1 aliphatic carbocycles. The zero-order valence-electron chi connectivity index (χ0n) is 18.8. The van der Waals surface area contributed by atoms with Crippen LogP contribution in [0.4, 0.5) is 10.2 Å². The first-order chi connectivity index (χ1) is 15.3. The highest BCUT2D eigenvalue weighted by Crippen LogP contribution is 2.47. The van der Waals surface area contributed by atoms with E-state index in [1.807, 2.05) is 11.8 Å². The molecule has 0 aromatic carbocycles. The largest absolute Gasteiger partial charge is 0.463 e. The smallest absolute Gasteiger partial charge is 0.319 e. The van der Waals surface area contributed by atoms with Crippen molar-refractivity contribution >= 4 is 28.3 Å². The molecule has 2 aromatic rings. The van der Waals surface area contributed by atoms with Gasteiger partial charge in [0, 0.05) is 30.7 Å². The number of aliphatic hydroxyl groups is 1. The van der Waals surface area contributed by atoms with Gasteiger partial charge in [0.25, 0.3) is 0 Å². The van der Waals surface area contributed by atoms with Gasteiger partial charge in [-0.3, -0.25) is 0 Å². The predicted octanol–water partition coefficient (Wildman–Crippen LogP) is 3.81. The summed E-state index contributed by atoms with van der Waals surface area (Å²) in [6.07, 6.45) is 8.82. The molecule has 0 bridgehead atoms. The third kappa shape index (κ3) is 3.90. The normalized spacial score (nSPS) is 31.2. The van der Waals surface area contributed by atoms with E-state index in [0.717, 1.165) is 32.2 Å². The molecule has 5 rings (SSSR count). The second-order valence-electron chi connectivity index (χ2n) is 10.1. The molecule has 2 aliphatic heterocycles. The molecule has 3 atom stereocenters. The minimum atomic E-state index is -0.836. The van der Waals surface area contributed by atoms with Crippen molar-refractivity contribution < 1.29 is 14.2 Å². The van der Waals surface area contributed by atoms with Crippen molar-refractivity contribution in [2.45, 2.75) is 63.5 Å². The van der Waals surface area contributed by atoms with Crippen LogP contribution < -0.4 is 9.64 Å². The van der Waals surface area contributed by atoms with Crippen LogP contribution in [0.1, 0.15) is 51.9 Å². The van der Waals surface area contributed by atoms with Gasteiger partial charge in [-0.05, 0) is 59.0 Å². The van der Waals surface area contributed by atoms with Crippen LogP contribution in [0.3, 0.4) is 0 Å². The Morgan fingerprint density at radius 2 is 2.00 bits per heavy atom. The van der Waals surface area contributed by atoms with Gasteiger partial charge in [-0.25, -0.2) is 9.37 Å². The van der Waals surface area contributed by atoms with Gasteiger partial charge >= 0.3 is 6.01 Å². The highest BCUT2D eigenvalue weighted by atomic mass is 35.5. The SMILES string of the molecule is CN1CCC[C@@]2(COc3nc(N4CCC[C@@](C)(O)C4)c4cnc(Cl)c(F)c4n3)CCC[C@@H]12. The minimum absolute atomic E-state index is 0.0920. The lowest BCUT2D eigenvalue weighted by Gasteiger charge is -2.44. The van der Waals surface area contributed by atoms with E-state index in [4.69, 9.17) is 21.3 Å². The van der Waals surface area contributed by atoms with Gasteiger partial charge in [0.1, 0.15) is 11.3 Å². The van der Waals surface area contributed by atoms with Crippen molar-refractivity contribution in [3.8, 4) is 6.01 Å². The number of fused-ring (bicyclic) bond motifs is 2. The molecule has 32 heavy (non-hydrogen) atoms. The highest BCUT2D eigenvalue weighted by Gasteiger charge is 2.47. The summed E-state index contributed by atoms with van der Waals surface area (Å²) in [5, 5.41) is 10.9. The monoisotopic (exact) mass is 463 g/mol. The summed E-state index contributed by atoms with van der Waals surface area (Å²) in [6, 6.07) is 0.663. The third-order valence-corrected chi connectivity index (χ3v) is 7.90. The number of pyridine rings is 1. The molecule has 0 amide bonds. The Labute approximate surface area is 192 Å². The molecule has 0 spiro atoms. The van der Waals surface area contributed by atoms with Gasteiger partial charge in [-0.2, -0.15) is 9.97 Å². The van der Waals surface area contributed by atoms with Crippen molar-refractivity contribution in [3.63, 3.8) is 0 Å². The molecule has 3 fully saturated rings. The van der Waals surface area contributed by atoms with E-state index in [-0.39, 0.29) is 22.1 Å². The molecule has 0 radical (unpaired) electrons. The second-order valence-corrected chi connectivity index (χ2v) is 10.5. The summed E-state index contributed by atoms with van der Waals surface area (Å²) in [5.41, 5.74) is -0.636. The van der Waals surface area contributed by atoms with E-state index in [2.05, 4.69) is 21.9 Å². The van der Waals surface area contributed by atoms with Crippen LogP contribution in [0, 0.1) is 11.2 Å². The molecule has 1 N–H and O–H groups in total. The average Bonchev–Trinajstić information content (AvgIpc) is 3.20. The van der Waals surface area contributed by atoms with Crippen molar-refractivity contribution in [3.05, 3.63) is 17.2 Å². The minimum Gasteiger partial charge on any atom is -0.463 e. The quantitative estimate of drug-likeness (QED) is 0.691. The van der Waals surface area contributed by atoms with Crippen molar-refractivity contribution in [2.24, 2.45) is 5.41 Å². The zero-order valence-corrected chi connectivity index (χ0v) is 19.5. The first kappa shape index (κ1) is 22.0. The number of nitrogens with zero attached hydrogens (tertiary/aromatic N) is 5. The Balaban J connectivity index is 1.50. The molecule has 174 valence electrons. The van der Waals surface area contributed by atoms with Crippen LogP contribution in [0.2, 0.25) is 5.15 Å². The number of likely N-dealkylation sites (tertiary alicyclic amines) is 1. The van der Waals surface area contributed by atoms with Crippen molar-refractivity contribution in [1.82, 2.24) is 19.9 Å². The third-order valence-electron chi connectivity index (χ3n) is 7.64. The number of rotatable bonds is 4. The fourth-order valence-electron chi connectivity index (χ4n) is 6.09. The summed E-state index contributed by atoms with van der Waals surface area (Å²) in [6.45, 7) is 4.57. The van der Waals surface area contributed by atoms with Gasteiger partial charge in [-0.15, -0.1) is 0 Å². The van der Waals surface area contributed by atoms with Gasteiger partial charge in [0.2, 0.25) is 0 Å². The van der Waals surface area contributed by atoms with E-state index in [1.54, 1.807) is 0 Å². The molecule has 9 heteroatoms. The lowest BCUT2D eigenvalue weighted by Crippen LogP contribution is -2.50. The van der Waals surface area contributed by atoms with Crippen LogP contribution in [-0.4, -0.2) is 69.9 Å². The average molecular weight is 464 g/mol. The zero-order chi connectivity index (χ0) is 22.5. The summed E-state index contributed by atoms with van der Waals surface area (Å²) in [7, 11) is 2.20. The number of aromatic nitrogens is 3. The molecule has 1 saturated carbocycles. The van der Waals surface area contributed by atoms with Crippen LogP contribution in [0.5, 0.6) is 6.01 Å². The van der Waals surface area contributed by atoms with E-state index in [0.29, 0.717) is 43.4 Å². The summed E-state index contributed by atoms with van der Waals surface area (Å²) >= 11 is 5.96. The Kier molecular flexibility index (Phi) is 5.66. The molecule has 4 heterocycles. The maximum Gasteiger partial charge on any atom is 0.319 e. The van der Waals surface area contributed by atoms with Crippen LogP contribution in [0.25, 0.3) is 10.9 Å². The van der Waals surface area contributed by atoms with E-state index < -0.39 is 11.4 Å². The van der Waals surface area contributed by atoms with E-state index >= 15 is 0 Å². The summed E-state index contributed by atoms with van der Waals surface area (Å²) < 4.78 is 21.1. The van der Waals surface area contributed by atoms with Crippen LogP contribution in [0.15, 0.2) is 6.20 Å². The first-order valence-electron chi connectivity index (χ1n) is 11.6. The highest BCUT2D eigenvalue weighted by molar-refractivity contribution is 6.30. The van der Waals surface area contributed by atoms with Gasteiger partial charge < -0.3 is 19.6 Å². The standard InChI is InChI=1S/C23H31ClFN5O2/c1-22(31)7-4-11-30(13-22)20-15-12-26-19(24)17(25)18(15)27-21(28-20)32-14-23-8-3-6-16(23)29(2)10-5-9-23/h12,16,31H,3-11,13-14H2,1-2H3/t16-,22-,23-/m1/s1. The molecular formula is C23H31ClFN5O2. The fourth-order valence-corrected chi connectivity index (χ4v) is 6.23. The van der Waals surface area contributed by atoms with Crippen molar-refractivity contribution in [2.75, 3.05) is 38.2 Å². The van der Waals surface area contributed by atoms with Gasteiger partial charge in [0.15, 0.2) is 11.0 Å². The van der Waals surface area contributed by atoms with Crippen LogP contribution in [-0.2, 0) is 0 Å².